The van der Waals surface area contributed by atoms with Crippen molar-refractivity contribution in [2.45, 2.75) is 55.5 Å². The average Bonchev–Trinajstić information content (AvgIpc) is 3.28. The topological polar surface area (TPSA) is 82.5 Å². The molecule has 3 aromatic rings. The molecule has 1 unspecified atom stereocenters. The lowest BCUT2D eigenvalue weighted by atomic mass is 9.87. The highest BCUT2D eigenvalue weighted by atomic mass is 32.2. The van der Waals surface area contributed by atoms with Crippen molar-refractivity contribution in [3.8, 4) is 11.5 Å². The van der Waals surface area contributed by atoms with E-state index in [1.54, 1.807) is 11.8 Å². The first-order valence-corrected chi connectivity index (χ1v) is 10.3. The highest BCUT2D eigenvalue weighted by Gasteiger charge is 2.32. The molecule has 134 valence electrons. The number of pyridine rings is 1. The van der Waals surface area contributed by atoms with Gasteiger partial charge in [-0.2, -0.15) is 4.98 Å². The standard InChI is InChI=1S/C18H20N6OS/c1-26-16-7-3-6-14(19-16)17-20-18(25-22-17)11-8-9-13-15(10-11)24(23-21-13)12-4-2-5-12/h3,6-7,11-12H,2,4-5,8-10H2,1H3. The van der Waals surface area contributed by atoms with Crippen LogP contribution in [0.4, 0.5) is 0 Å². The van der Waals surface area contributed by atoms with Crippen LogP contribution in [0.2, 0.25) is 0 Å². The van der Waals surface area contributed by atoms with Gasteiger partial charge in [0.2, 0.25) is 11.7 Å². The zero-order chi connectivity index (χ0) is 17.5. The summed E-state index contributed by atoms with van der Waals surface area (Å²) >= 11 is 1.60. The van der Waals surface area contributed by atoms with E-state index in [0.29, 0.717) is 17.8 Å². The van der Waals surface area contributed by atoms with Gasteiger partial charge in [-0.25, -0.2) is 9.67 Å². The molecule has 26 heavy (non-hydrogen) atoms. The van der Waals surface area contributed by atoms with E-state index >= 15 is 0 Å². The molecule has 0 aliphatic heterocycles. The number of nitrogens with zero attached hydrogens (tertiary/aromatic N) is 6. The minimum Gasteiger partial charge on any atom is -0.339 e. The lowest BCUT2D eigenvalue weighted by Crippen LogP contribution is -2.23. The molecular weight excluding hydrogens is 348 g/mol. The molecule has 0 spiro atoms. The van der Waals surface area contributed by atoms with Crippen LogP contribution in [0, 0.1) is 0 Å². The largest absolute Gasteiger partial charge is 0.339 e. The van der Waals surface area contributed by atoms with Crippen LogP contribution in [0.5, 0.6) is 0 Å². The molecular formula is C18H20N6OS. The van der Waals surface area contributed by atoms with E-state index in [0.717, 1.165) is 35.7 Å². The van der Waals surface area contributed by atoms with Crippen molar-refractivity contribution in [3.05, 3.63) is 35.5 Å². The summed E-state index contributed by atoms with van der Waals surface area (Å²) in [7, 11) is 0. The summed E-state index contributed by atoms with van der Waals surface area (Å²) < 4.78 is 7.75. The number of hydrogen-bond acceptors (Lipinski definition) is 7. The molecule has 5 rings (SSSR count). The van der Waals surface area contributed by atoms with E-state index in [1.165, 1.54) is 25.0 Å². The van der Waals surface area contributed by atoms with Crippen LogP contribution >= 0.6 is 11.8 Å². The molecule has 1 atom stereocenters. The zero-order valence-electron chi connectivity index (χ0n) is 14.6. The first-order valence-electron chi connectivity index (χ1n) is 9.10. The Morgan fingerprint density at radius 2 is 2.12 bits per heavy atom. The second kappa shape index (κ2) is 6.50. The van der Waals surface area contributed by atoms with Gasteiger partial charge in [0, 0.05) is 12.3 Å². The van der Waals surface area contributed by atoms with Gasteiger partial charge in [-0.3, -0.25) is 0 Å². The Labute approximate surface area is 155 Å². The van der Waals surface area contributed by atoms with Crippen LogP contribution in [-0.2, 0) is 12.8 Å². The monoisotopic (exact) mass is 368 g/mol. The Bertz CT molecular complexity index is 931. The molecule has 0 bridgehead atoms. The van der Waals surface area contributed by atoms with Crippen molar-refractivity contribution in [2.75, 3.05) is 6.26 Å². The van der Waals surface area contributed by atoms with Crippen LogP contribution in [0.25, 0.3) is 11.5 Å². The molecule has 0 radical (unpaired) electrons. The normalized spacial score (nSPS) is 20.0. The molecule has 0 aromatic carbocycles. The van der Waals surface area contributed by atoms with Gasteiger partial charge in [0.15, 0.2) is 0 Å². The molecule has 0 amide bonds. The molecule has 2 aliphatic carbocycles. The number of hydrogen-bond donors (Lipinski definition) is 0. The van der Waals surface area contributed by atoms with Crippen LogP contribution in [-0.4, -0.2) is 36.4 Å². The second-order valence-corrected chi connectivity index (χ2v) is 7.80. The van der Waals surface area contributed by atoms with Crippen molar-refractivity contribution >= 4 is 11.8 Å². The Morgan fingerprint density at radius 3 is 2.92 bits per heavy atom. The van der Waals surface area contributed by atoms with Gasteiger partial charge in [0.1, 0.15) is 5.69 Å². The second-order valence-electron chi connectivity index (χ2n) is 6.97. The van der Waals surface area contributed by atoms with Crippen LogP contribution < -0.4 is 0 Å². The van der Waals surface area contributed by atoms with Gasteiger partial charge in [-0.05, 0) is 50.5 Å². The van der Waals surface area contributed by atoms with Gasteiger partial charge in [-0.15, -0.1) is 16.9 Å². The predicted octanol–water partition coefficient (Wildman–Crippen LogP) is 3.44. The van der Waals surface area contributed by atoms with Crippen molar-refractivity contribution in [1.82, 2.24) is 30.1 Å². The molecule has 3 aromatic heterocycles. The lowest BCUT2D eigenvalue weighted by Gasteiger charge is -2.28. The van der Waals surface area contributed by atoms with E-state index in [2.05, 4.69) is 30.1 Å². The van der Waals surface area contributed by atoms with Gasteiger partial charge < -0.3 is 4.52 Å². The smallest absolute Gasteiger partial charge is 0.230 e. The molecule has 3 heterocycles. The number of rotatable bonds is 4. The summed E-state index contributed by atoms with van der Waals surface area (Å²) in [6.07, 6.45) is 8.48. The maximum absolute atomic E-state index is 5.61. The third-order valence-electron chi connectivity index (χ3n) is 5.41. The number of thioether (sulfide) groups is 1. The summed E-state index contributed by atoms with van der Waals surface area (Å²) in [6, 6.07) is 6.40. The minimum atomic E-state index is 0.227. The predicted molar refractivity (Wildman–Crippen MR) is 97.0 cm³/mol. The fraction of sp³-hybridized carbons (Fsp3) is 0.500. The fourth-order valence-electron chi connectivity index (χ4n) is 3.69. The van der Waals surface area contributed by atoms with Crippen LogP contribution in [0.15, 0.2) is 27.7 Å². The molecule has 1 fully saturated rings. The zero-order valence-corrected chi connectivity index (χ0v) is 15.4. The first kappa shape index (κ1) is 16.0. The first-order chi connectivity index (χ1) is 12.8. The van der Waals surface area contributed by atoms with Gasteiger partial charge in [0.05, 0.1) is 22.5 Å². The van der Waals surface area contributed by atoms with E-state index < -0.39 is 0 Å². The summed E-state index contributed by atoms with van der Waals surface area (Å²) in [5.41, 5.74) is 3.15. The van der Waals surface area contributed by atoms with Crippen molar-refractivity contribution < 1.29 is 4.52 Å². The third-order valence-corrected chi connectivity index (χ3v) is 6.06. The Morgan fingerprint density at radius 1 is 1.19 bits per heavy atom. The van der Waals surface area contributed by atoms with Crippen LogP contribution in [0.1, 0.15) is 54.9 Å². The average molecular weight is 368 g/mol. The van der Waals surface area contributed by atoms with E-state index in [-0.39, 0.29) is 5.92 Å². The number of fused-ring (bicyclic) bond motifs is 1. The molecule has 1 saturated carbocycles. The van der Waals surface area contributed by atoms with Crippen LogP contribution in [0.3, 0.4) is 0 Å². The third kappa shape index (κ3) is 2.72. The van der Waals surface area contributed by atoms with Crippen molar-refractivity contribution in [1.29, 1.82) is 0 Å². The Hall–Kier alpha value is -2.22. The van der Waals surface area contributed by atoms with Crippen molar-refractivity contribution in [2.24, 2.45) is 0 Å². The van der Waals surface area contributed by atoms with E-state index in [4.69, 9.17) is 4.52 Å². The Balaban J connectivity index is 1.39. The minimum absolute atomic E-state index is 0.227. The van der Waals surface area contributed by atoms with Gasteiger partial charge in [-0.1, -0.05) is 16.4 Å². The summed E-state index contributed by atoms with van der Waals surface area (Å²) in [6.45, 7) is 0. The van der Waals surface area contributed by atoms with E-state index in [1.807, 2.05) is 24.5 Å². The number of aryl methyl sites for hydroxylation is 1. The molecule has 2 aliphatic rings. The lowest BCUT2D eigenvalue weighted by molar-refractivity contribution is 0.271. The highest BCUT2D eigenvalue weighted by Crippen LogP contribution is 2.37. The summed E-state index contributed by atoms with van der Waals surface area (Å²) in [5.74, 6) is 1.49. The van der Waals surface area contributed by atoms with Gasteiger partial charge >= 0.3 is 0 Å². The quantitative estimate of drug-likeness (QED) is 0.652. The maximum atomic E-state index is 5.61. The molecule has 0 N–H and O–H groups in total. The Kier molecular flexibility index (Phi) is 4.00. The SMILES string of the molecule is CSc1cccc(-c2noc(C3CCc4nnn(C5CCC5)c4C3)n2)n1. The number of aromatic nitrogens is 6. The van der Waals surface area contributed by atoms with Gasteiger partial charge in [0.25, 0.3) is 0 Å². The highest BCUT2D eigenvalue weighted by molar-refractivity contribution is 7.98. The molecule has 7 nitrogen and oxygen atoms in total. The summed E-state index contributed by atoms with van der Waals surface area (Å²) in [5, 5.41) is 13.9. The molecule has 0 saturated heterocycles. The maximum Gasteiger partial charge on any atom is 0.230 e. The molecule has 8 heteroatoms. The fourth-order valence-corrected chi connectivity index (χ4v) is 4.10. The van der Waals surface area contributed by atoms with E-state index in [9.17, 15) is 0 Å². The van der Waals surface area contributed by atoms with Crippen molar-refractivity contribution in [3.63, 3.8) is 0 Å². The summed E-state index contributed by atoms with van der Waals surface area (Å²) in [4.78, 5) is 9.20.